The predicted octanol–water partition coefficient (Wildman–Crippen LogP) is 5.84. The van der Waals surface area contributed by atoms with Crippen LogP contribution < -0.4 is 14.4 Å². The second kappa shape index (κ2) is 9.55. The van der Waals surface area contributed by atoms with E-state index in [-0.39, 0.29) is 16.3 Å². The number of aromatic nitrogens is 1. The molecule has 2 heterocycles. The van der Waals surface area contributed by atoms with Crippen LogP contribution in [0.4, 0.5) is 21.6 Å². The van der Waals surface area contributed by atoms with Gasteiger partial charge in [-0.15, -0.1) is 0 Å². The average Bonchev–Trinajstić information content (AvgIpc) is 3.57. The molecule has 2 aromatic carbocycles. The molecule has 0 spiro atoms. The van der Waals surface area contributed by atoms with Gasteiger partial charge < -0.3 is 14.2 Å². The van der Waals surface area contributed by atoms with Crippen molar-refractivity contribution in [3.8, 4) is 17.6 Å². The number of anilines is 3. The van der Waals surface area contributed by atoms with Crippen LogP contribution in [0.2, 0.25) is 0 Å². The molecule has 1 saturated carbocycles. The van der Waals surface area contributed by atoms with E-state index in [0.29, 0.717) is 34.3 Å². The molecule has 0 saturated heterocycles. The Morgan fingerprint density at radius 2 is 1.97 bits per heavy atom. The van der Waals surface area contributed by atoms with Crippen LogP contribution in [0.3, 0.4) is 0 Å². The van der Waals surface area contributed by atoms with Gasteiger partial charge in [-0.2, -0.15) is 0 Å². The summed E-state index contributed by atoms with van der Waals surface area (Å²) >= 11 is 0. The van der Waals surface area contributed by atoms with E-state index in [4.69, 9.17) is 4.74 Å². The number of benzene rings is 2. The summed E-state index contributed by atoms with van der Waals surface area (Å²) in [5.41, 5.74) is 2.53. The zero-order chi connectivity index (χ0) is 25.3. The maximum atomic E-state index is 15.2. The number of halogens is 1. The Bertz CT molecular complexity index is 1510. The second-order valence-corrected chi connectivity index (χ2v) is 10.3. The molecule has 1 N–H and O–H groups in total. The molecule has 0 amide bonds. The molecule has 184 valence electrons. The van der Waals surface area contributed by atoms with Gasteiger partial charge in [0.05, 0.1) is 28.9 Å². The number of sulfonamides is 1. The first kappa shape index (κ1) is 23.7. The molecule has 1 aliphatic heterocycles. The summed E-state index contributed by atoms with van der Waals surface area (Å²) in [5, 5.41) is 3.59. The van der Waals surface area contributed by atoms with Gasteiger partial charge in [-0.25, -0.2) is 12.8 Å². The van der Waals surface area contributed by atoms with Crippen LogP contribution in [-0.4, -0.2) is 20.7 Å². The van der Waals surface area contributed by atoms with Gasteiger partial charge >= 0.3 is 0 Å². The highest BCUT2D eigenvalue weighted by atomic mass is 32.2. The summed E-state index contributed by atoms with van der Waals surface area (Å²) in [7, 11) is -2.38. The summed E-state index contributed by atoms with van der Waals surface area (Å²) < 4.78 is 53.4. The summed E-state index contributed by atoms with van der Waals surface area (Å²) in [6, 6.07) is 9.01. The van der Waals surface area contributed by atoms with Gasteiger partial charge in [-0.1, -0.05) is 42.5 Å². The van der Waals surface area contributed by atoms with Crippen molar-refractivity contribution in [2.45, 2.75) is 30.6 Å². The van der Waals surface area contributed by atoms with Gasteiger partial charge in [0.2, 0.25) is 0 Å². The van der Waals surface area contributed by atoms with Crippen LogP contribution in [0.15, 0.2) is 70.4 Å². The molecule has 0 bridgehead atoms. The maximum Gasteiger partial charge on any atom is 0.263 e. The molecule has 7 nitrogen and oxygen atoms in total. The molecule has 36 heavy (non-hydrogen) atoms. The molecular formula is C27H24FN3O4S. The van der Waals surface area contributed by atoms with Crippen molar-refractivity contribution in [2.75, 3.05) is 16.7 Å². The van der Waals surface area contributed by atoms with Crippen LogP contribution in [0, 0.1) is 23.6 Å². The minimum atomic E-state index is -3.90. The van der Waals surface area contributed by atoms with E-state index in [1.807, 2.05) is 0 Å². The average molecular weight is 506 g/mol. The number of hydrogen-bond acceptors (Lipinski definition) is 6. The number of nitrogens with zero attached hydrogens (tertiary/aromatic N) is 2. The SMILES string of the molecule is C=C1C=Cc2cc(S(=O)(=O)Nc3ccon3)ccc2N1c1cc(F)c(C#CC2CCCC2)cc1OC. The lowest BCUT2D eigenvalue weighted by Crippen LogP contribution is -2.20. The van der Waals surface area contributed by atoms with Crippen molar-refractivity contribution in [3.05, 3.63) is 78.0 Å². The number of fused-ring (bicyclic) bond motifs is 1. The lowest BCUT2D eigenvalue weighted by molar-refractivity contribution is 0.414. The fraction of sp³-hybridized carbons (Fsp3) is 0.222. The minimum Gasteiger partial charge on any atom is -0.495 e. The lowest BCUT2D eigenvalue weighted by Gasteiger charge is -2.31. The monoisotopic (exact) mass is 505 g/mol. The fourth-order valence-corrected chi connectivity index (χ4v) is 5.45. The van der Waals surface area contributed by atoms with Crippen molar-refractivity contribution in [2.24, 2.45) is 5.92 Å². The van der Waals surface area contributed by atoms with Crippen molar-refractivity contribution >= 4 is 33.3 Å². The number of hydrogen-bond donors (Lipinski definition) is 1. The molecule has 3 aromatic rings. The first-order valence-electron chi connectivity index (χ1n) is 11.5. The molecule has 9 heteroatoms. The first-order chi connectivity index (χ1) is 17.4. The third-order valence-electron chi connectivity index (χ3n) is 6.25. The van der Waals surface area contributed by atoms with E-state index in [0.717, 1.165) is 25.7 Å². The molecule has 1 aliphatic carbocycles. The zero-order valence-corrected chi connectivity index (χ0v) is 20.4. The highest BCUT2D eigenvalue weighted by molar-refractivity contribution is 7.92. The minimum absolute atomic E-state index is 0.0389. The largest absolute Gasteiger partial charge is 0.495 e. The summed E-state index contributed by atoms with van der Waals surface area (Å²) in [6.07, 6.45) is 9.18. The van der Waals surface area contributed by atoms with Crippen molar-refractivity contribution in [1.29, 1.82) is 0 Å². The highest BCUT2D eigenvalue weighted by Crippen LogP contribution is 2.43. The summed E-state index contributed by atoms with van der Waals surface area (Å²) in [4.78, 5) is 1.77. The zero-order valence-electron chi connectivity index (χ0n) is 19.6. The van der Waals surface area contributed by atoms with Gasteiger partial charge in [-0.3, -0.25) is 4.72 Å². The van der Waals surface area contributed by atoms with Crippen LogP contribution >= 0.6 is 0 Å². The van der Waals surface area contributed by atoms with E-state index in [9.17, 15) is 8.42 Å². The molecular weight excluding hydrogens is 481 g/mol. The standard InChI is InChI=1S/C27H24FN3O4S/c1-18-7-9-21-15-22(36(32,33)30-27-13-14-35-29-27)11-12-24(21)31(18)25-17-23(28)20(16-26(25)34-2)10-8-19-5-3-4-6-19/h7,9,11-17,19H,1,3-6H2,2H3,(H,29,30). The normalized spacial score (nSPS) is 15.4. The molecule has 0 atom stereocenters. The topological polar surface area (TPSA) is 84.7 Å². The molecule has 1 fully saturated rings. The number of rotatable bonds is 5. The summed E-state index contributed by atoms with van der Waals surface area (Å²) in [5.74, 6) is 6.53. The predicted molar refractivity (Wildman–Crippen MR) is 136 cm³/mol. The van der Waals surface area contributed by atoms with Crippen LogP contribution in [0.1, 0.15) is 36.8 Å². The Morgan fingerprint density at radius 3 is 2.69 bits per heavy atom. The number of ether oxygens (including phenoxy) is 1. The first-order valence-corrected chi connectivity index (χ1v) is 13.0. The van der Waals surface area contributed by atoms with Crippen LogP contribution in [0.5, 0.6) is 5.75 Å². The fourth-order valence-electron chi connectivity index (χ4n) is 4.43. The quantitative estimate of drug-likeness (QED) is 0.439. The van der Waals surface area contributed by atoms with Gasteiger partial charge in [0.25, 0.3) is 10.0 Å². The smallest absolute Gasteiger partial charge is 0.263 e. The van der Waals surface area contributed by atoms with Gasteiger partial charge in [-0.05, 0) is 42.7 Å². The van der Waals surface area contributed by atoms with Crippen molar-refractivity contribution < 1.29 is 22.1 Å². The van der Waals surface area contributed by atoms with E-state index in [2.05, 4.69) is 32.8 Å². The third-order valence-corrected chi connectivity index (χ3v) is 7.60. The highest BCUT2D eigenvalue weighted by Gasteiger charge is 2.25. The molecule has 0 unspecified atom stereocenters. The third kappa shape index (κ3) is 4.60. The molecule has 5 rings (SSSR count). The number of allylic oxidation sites excluding steroid dienone is 1. The Morgan fingerprint density at radius 1 is 1.17 bits per heavy atom. The van der Waals surface area contributed by atoms with Crippen LogP contribution in [-0.2, 0) is 10.0 Å². The Kier molecular flexibility index (Phi) is 6.29. The Balaban J connectivity index is 1.51. The van der Waals surface area contributed by atoms with E-state index in [1.165, 1.54) is 37.6 Å². The van der Waals surface area contributed by atoms with Crippen LogP contribution in [0.25, 0.3) is 6.08 Å². The van der Waals surface area contributed by atoms with E-state index < -0.39 is 15.8 Å². The molecule has 0 radical (unpaired) electrons. The Hall–Kier alpha value is -4.03. The number of nitrogens with one attached hydrogen (secondary N) is 1. The second-order valence-electron chi connectivity index (χ2n) is 8.63. The van der Waals surface area contributed by atoms with E-state index >= 15 is 4.39 Å². The van der Waals surface area contributed by atoms with Gasteiger partial charge in [0.15, 0.2) is 5.82 Å². The van der Waals surface area contributed by atoms with Gasteiger partial charge in [0.1, 0.15) is 17.8 Å². The number of methoxy groups -OCH3 is 1. The van der Waals surface area contributed by atoms with Gasteiger partial charge in [0, 0.05) is 29.8 Å². The van der Waals surface area contributed by atoms with E-state index in [1.54, 1.807) is 29.2 Å². The maximum absolute atomic E-state index is 15.2. The molecule has 1 aromatic heterocycles. The molecule has 2 aliphatic rings. The summed E-state index contributed by atoms with van der Waals surface area (Å²) in [6.45, 7) is 4.09. The Labute approximate surface area is 209 Å². The lowest BCUT2D eigenvalue weighted by atomic mass is 10.0. The van der Waals surface area contributed by atoms with Crippen molar-refractivity contribution in [1.82, 2.24) is 5.16 Å². The van der Waals surface area contributed by atoms with Crippen molar-refractivity contribution in [3.63, 3.8) is 0 Å².